The first-order chi connectivity index (χ1) is 16.7. The third kappa shape index (κ3) is 3.75. The molecule has 0 aliphatic carbocycles. The number of hydrogen-bond acceptors (Lipinski definition) is 5. The highest BCUT2D eigenvalue weighted by Crippen LogP contribution is 2.37. The van der Waals surface area contributed by atoms with Crippen LogP contribution in [0.5, 0.6) is 11.5 Å². The fourth-order valence-electron chi connectivity index (χ4n) is 4.76. The van der Waals surface area contributed by atoms with E-state index in [-0.39, 0.29) is 12.3 Å². The number of ketones is 1. The number of Topliss-reactive ketones (excluding diaryl/α,β-unsaturated/α-hetero) is 1. The lowest BCUT2D eigenvalue weighted by molar-refractivity contribution is -0.130. The van der Waals surface area contributed by atoms with Crippen molar-refractivity contribution in [1.29, 1.82) is 0 Å². The average Bonchev–Trinajstić information content (AvgIpc) is 3.26. The second-order valence-corrected chi connectivity index (χ2v) is 9.18. The highest BCUT2D eigenvalue weighted by molar-refractivity contribution is 6.11. The SMILES string of the molecule is Cc1ccc(-n2c(C)cc(C(=O)CN3C(=O)NC(C)(c4ccc5c(c4)OCCO5)C3=O)c2C)cc1. The second-order valence-electron chi connectivity index (χ2n) is 9.18. The van der Waals surface area contributed by atoms with Gasteiger partial charge in [0, 0.05) is 22.6 Å². The summed E-state index contributed by atoms with van der Waals surface area (Å²) in [5, 5.41) is 2.76. The molecule has 0 spiro atoms. The Bertz CT molecular complexity index is 1360. The zero-order valence-corrected chi connectivity index (χ0v) is 20.2. The summed E-state index contributed by atoms with van der Waals surface area (Å²) in [5.41, 5.74) is 3.49. The van der Waals surface area contributed by atoms with Crippen LogP contribution in [0, 0.1) is 20.8 Å². The third-order valence-electron chi connectivity index (χ3n) is 6.72. The number of nitrogens with zero attached hydrogens (tertiary/aromatic N) is 2. The standard InChI is InChI=1S/C27H27N3O5/c1-16-5-8-20(9-6-16)30-17(2)13-21(18(30)3)22(31)15-29-25(32)27(4,28-26(29)33)19-7-10-23-24(14-19)35-12-11-34-23/h5-10,13-14H,11-12,15H2,1-4H3,(H,28,33). The number of amides is 3. The Balaban J connectivity index is 1.40. The summed E-state index contributed by atoms with van der Waals surface area (Å²) in [6, 6.07) is 14.4. The number of imide groups is 1. The smallest absolute Gasteiger partial charge is 0.325 e. The molecule has 1 saturated heterocycles. The molecule has 5 rings (SSSR count). The molecule has 8 nitrogen and oxygen atoms in total. The average molecular weight is 474 g/mol. The first kappa shape index (κ1) is 22.7. The number of fused-ring (bicyclic) bond motifs is 1. The van der Waals surface area contributed by atoms with Crippen LogP contribution in [0.4, 0.5) is 4.79 Å². The highest BCUT2D eigenvalue weighted by atomic mass is 16.6. The maximum atomic E-state index is 13.4. The Morgan fingerprint density at radius 1 is 0.971 bits per heavy atom. The lowest BCUT2D eigenvalue weighted by Crippen LogP contribution is -2.41. The van der Waals surface area contributed by atoms with Crippen LogP contribution in [0.25, 0.3) is 5.69 Å². The van der Waals surface area contributed by atoms with Gasteiger partial charge in [-0.15, -0.1) is 0 Å². The molecule has 3 heterocycles. The molecule has 2 aliphatic heterocycles. The maximum Gasteiger partial charge on any atom is 0.325 e. The molecule has 1 unspecified atom stereocenters. The third-order valence-corrected chi connectivity index (χ3v) is 6.72. The van der Waals surface area contributed by atoms with E-state index in [9.17, 15) is 14.4 Å². The Hall–Kier alpha value is -4.07. The van der Waals surface area contributed by atoms with Crippen LogP contribution in [0.1, 0.15) is 39.8 Å². The topological polar surface area (TPSA) is 89.9 Å². The molecule has 35 heavy (non-hydrogen) atoms. The minimum absolute atomic E-state index is 0.300. The van der Waals surface area contributed by atoms with E-state index in [4.69, 9.17) is 9.47 Å². The van der Waals surface area contributed by atoms with Gasteiger partial charge in [0.2, 0.25) is 0 Å². The van der Waals surface area contributed by atoms with Crippen LogP contribution < -0.4 is 14.8 Å². The predicted molar refractivity (Wildman–Crippen MR) is 129 cm³/mol. The molecule has 1 atom stereocenters. The normalized spacial score (nSPS) is 19.1. The van der Waals surface area contributed by atoms with Gasteiger partial charge in [0.1, 0.15) is 18.8 Å². The summed E-state index contributed by atoms with van der Waals surface area (Å²) < 4.78 is 13.2. The summed E-state index contributed by atoms with van der Waals surface area (Å²) in [4.78, 5) is 40.5. The van der Waals surface area contributed by atoms with Crippen molar-refractivity contribution in [3.05, 3.63) is 76.6 Å². The van der Waals surface area contributed by atoms with Crippen molar-refractivity contribution in [2.24, 2.45) is 0 Å². The van der Waals surface area contributed by atoms with Gasteiger partial charge in [-0.05, 0) is 63.6 Å². The second kappa shape index (κ2) is 8.30. The fraction of sp³-hybridized carbons (Fsp3) is 0.296. The van der Waals surface area contributed by atoms with Gasteiger partial charge >= 0.3 is 6.03 Å². The molecule has 0 bridgehead atoms. The minimum atomic E-state index is -1.31. The predicted octanol–water partition coefficient (Wildman–Crippen LogP) is 3.82. The molecule has 3 aromatic rings. The molecule has 2 aliphatic rings. The van der Waals surface area contributed by atoms with Crippen molar-refractivity contribution in [2.75, 3.05) is 19.8 Å². The number of ether oxygens (including phenoxy) is 2. The van der Waals surface area contributed by atoms with Gasteiger partial charge in [-0.25, -0.2) is 4.79 Å². The highest BCUT2D eigenvalue weighted by Gasteiger charge is 2.50. The fourth-order valence-corrected chi connectivity index (χ4v) is 4.76. The van der Waals surface area contributed by atoms with Gasteiger partial charge in [0.05, 0.1) is 6.54 Å². The number of rotatable bonds is 5. The Labute approximate surface area is 203 Å². The molecule has 1 aromatic heterocycles. The van der Waals surface area contributed by atoms with Crippen LogP contribution in [-0.4, -0.2) is 46.9 Å². The summed E-state index contributed by atoms with van der Waals surface area (Å²) >= 11 is 0. The maximum absolute atomic E-state index is 13.4. The van der Waals surface area contributed by atoms with Crippen molar-refractivity contribution < 1.29 is 23.9 Å². The Morgan fingerprint density at radius 3 is 2.37 bits per heavy atom. The molecule has 0 radical (unpaired) electrons. The molecular formula is C27H27N3O5. The van der Waals surface area contributed by atoms with Crippen LogP contribution in [0.15, 0.2) is 48.5 Å². The molecule has 1 fully saturated rings. The van der Waals surface area contributed by atoms with E-state index in [0.717, 1.165) is 27.5 Å². The lowest BCUT2D eigenvalue weighted by Gasteiger charge is -2.25. The molecule has 0 saturated carbocycles. The number of hydrogen-bond donors (Lipinski definition) is 1. The van der Waals surface area contributed by atoms with Gasteiger partial charge in [0.25, 0.3) is 5.91 Å². The van der Waals surface area contributed by atoms with Crippen molar-refractivity contribution >= 4 is 17.7 Å². The van der Waals surface area contributed by atoms with E-state index in [1.807, 2.05) is 49.6 Å². The van der Waals surface area contributed by atoms with Gasteiger partial charge in [-0.3, -0.25) is 14.5 Å². The van der Waals surface area contributed by atoms with Gasteiger partial charge in [-0.1, -0.05) is 23.8 Å². The quantitative estimate of drug-likeness (QED) is 0.449. The van der Waals surface area contributed by atoms with E-state index in [2.05, 4.69) is 5.32 Å². The van der Waals surface area contributed by atoms with Crippen LogP contribution in [0.2, 0.25) is 0 Å². The summed E-state index contributed by atoms with van der Waals surface area (Å²) in [7, 11) is 0. The summed E-state index contributed by atoms with van der Waals surface area (Å²) in [6.07, 6.45) is 0. The van der Waals surface area contributed by atoms with Crippen molar-refractivity contribution in [1.82, 2.24) is 14.8 Å². The summed E-state index contributed by atoms with van der Waals surface area (Å²) in [5.74, 6) is 0.331. The first-order valence-corrected chi connectivity index (χ1v) is 11.5. The van der Waals surface area contributed by atoms with Gasteiger partial charge in [0.15, 0.2) is 17.3 Å². The molecular weight excluding hydrogens is 446 g/mol. The Kier molecular flexibility index (Phi) is 5.39. The van der Waals surface area contributed by atoms with Crippen LogP contribution in [-0.2, 0) is 10.3 Å². The number of carbonyl (C=O) groups excluding carboxylic acids is 3. The molecule has 8 heteroatoms. The molecule has 2 aromatic carbocycles. The van der Waals surface area contributed by atoms with Gasteiger partial charge in [-0.2, -0.15) is 0 Å². The zero-order valence-electron chi connectivity index (χ0n) is 20.2. The Morgan fingerprint density at radius 2 is 1.66 bits per heavy atom. The first-order valence-electron chi connectivity index (χ1n) is 11.5. The van der Waals surface area contributed by atoms with Gasteiger partial charge < -0.3 is 19.4 Å². The van der Waals surface area contributed by atoms with E-state index in [0.29, 0.717) is 35.8 Å². The monoisotopic (exact) mass is 473 g/mol. The number of nitrogens with one attached hydrogen (secondary N) is 1. The summed E-state index contributed by atoms with van der Waals surface area (Å²) in [6.45, 7) is 7.97. The number of aryl methyl sites for hydroxylation is 2. The van der Waals surface area contributed by atoms with Crippen LogP contribution in [0.3, 0.4) is 0 Å². The molecule has 3 amide bonds. The molecule has 180 valence electrons. The lowest BCUT2D eigenvalue weighted by atomic mass is 9.91. The number of carbonyl (C=O) groups is 3. The van der Waals surface area contributed by atoms with Crippen LogP contribution >= 0.6 is 0 Å². The van der Waals surface area contributed by atoms with E-state index in [1.165, 1.54) is 0 Å². The van der Waals surface area contributed by atoms with Crippen molar-refractivity contribution in [3.63, 3.8) is 0 Å². The van der Waals surface area contributed by atoms with Crippen molar-refractivity contribution in [2.45, 2.75) is 33.2 Å². The zero-order chi connectivity index (χ0) is 24.9. The molecule has 1 N–H and O–H groups in total. The number of aromatic nitrogens is 1. The number of urea groups is 1. The minimum Gasteiger partial charge on any atom is -0.486 e. The van der Waals surface area contributed by atoms with E-state index >= 15 is 0 Å². The van der Waals surface area contributed by atoms with Crippen molar-refractivity contribution in [3.8, 4) is 17.2 Å². The van der Waals surface area contributed by atoms with E-state index < -0.39 is 17.5 Å². The van der Waals surface area contributed by atoms with E-state index in [1.54, 1.807) is 31.2 Å². The number of benzene rings is 2. The largest absolute Gasteiger partial charge is 0.486 e.